The first-order chi connectivity index (χ1) is 14.0. The van der Waals surface area contributed by atoms with Crippen molar-refractivity contribution in [1.82, 2.24) is 25.2 Å². The average Bonchev–Trinajstić information content (AvgIpc) is 3.07. The van der Waals surface area contributed by atoms with Crippen molar-refractivity contribution < 1.29 is 9.59 Å². The van der Waals surface area contributed by atoms with Gasteiger partial charge in [-0.1, -0.05) is 30.3 Å². The molecule has 0 radical (unpaired) electrons. The second-order valence-corrected chi connectivity index (χ2v) is 6.55. The lowest BCUT2D eigenvalue weighted by molar-refractivity contribution is -0.122. The molecule has 0 aliphatic rings. The van der Waals surface area contributed by atoms with E-state index in [4.69, 9.17) is 0 Å². The minimum atomic E-state index is -0.661. The van der Waals surface area contributed by atoms with Crippen LogP contribution < -0.4 is 22.0 Å². The van der Waals surface area contributed by atoms with Gasteiger partial charge in [-0.15, -0.1) is 0 Å². The number of H-pyrrole nitrogens is 1. The molecule has 9 heteroatoms. The highest BCUT2D eigenvalue weighted by Crippen LogP contribution is 2.19. The van der Waals surface area contributed by atoms with Gasteiger partial charge in [0.05, 0.1) is 16.3 Å². The Morgan fingerprint density at radius 3 is 2.34 bits per heavy atom. The first-order valence-corrected chi connectivity index (χ1v) is 8.81. The molecule has 0 aliphatic heterocycles. The molecule has 0 fully saturated rings. The van der Waals surface area contributed by atoms with Crippen LogP contribution in [0.3, 0.4) is 0 Å². The van der Waals surface area contributed by atoms with E-state index in [1.165, 1.54) is 12.1 Å². The smallest absolute Gasteiger partial charge is 0.273 e. The standard InChI is InChI=1S/C20H17N5O4/c1-24-10-15(12-6-4-5-9-16(12)24)18(27)22-21-17(26)11-25-20(29)14-8-3-2-7-13(14)19(28)23-25/h2-10H,11H2,1H3,(H,21,26)(H,22,27)(H,23,28). The van der Waals surface area contributed by atoms with E-state index in [0.717, 1.165) is 15.6 Å². The van der Waals surface area contributed by atoms with E-state index >= 15 is 0 Å². The van der Waals surface area contributed by atoms with Gasteiger partial charge in [0.2, 0.25) is 0 Å². The highest BCUT2D eigenvalue weighted by atomic mass is 16.2. The van der Waals surface area contributed by atoms with Gasteiger partial charge < -0.3 is 4.57 Å². The highest BCUT2D eigenvalue weighted by Gasteiger charge is 2.15. The molecule has 9 nitrogen and oxygen atoms in total. The summed E-state index contributed by atoms with van der Waals surface area (Å²) in [6, 6.07) is 13.7. The summed E-state index contributed by atoms with van der Waals surface area (Å²) in [4.78, 5) is 49.2. The predicted octanol–water partition coefficient (Wildman–Crippen LogP) is 0.643. The third-order valence-corrected chi connectivity index (χ3v) is 4.64. The van der Waals surface area contributed by atoms with Crippen LogP contribution >= 0.6 is 0 Å². The number of aromatic amines is 1. The van der Waals surface area contributed by atoms with E-state index in [-0.39, 0.29) is 10.8 Å². The molecule has 2 amide bonds. The number of aryl methyl sites for hydroxylation is 1. The van der Waals surface area contributed by atoms with Crippen LogP contribution in [0.5, 0.6) is 0 Å². The molecule has 29 heavy (non-hydrogen) atoms. The third kappa shape index (κ3) is 3.29. The molecule has 4 aromatic rings. The lowest BCUT2D eigenvalue weighted by atomic mass is 10.2. The molecule has 0 saturated carbocycles. The molecule has 0 unspecified atom stereocenters. The van der Waals surface area contributed by atoms with Gasteiger partial charge in [-0.25, -0.2) is 4.68 Å². The van der Waals surface area contributed by atoms with Crippen LogP contribution in [0.25, 0.3) is 21.7 Å². The molecule has 0 saturated heterocycles. The number of hydrogen-bond acceptors (Lipinski definition) is 4. The lowest BCUT2D eigenvalue weighted by Crippen LogP contribution is -2.45. The Kier molecular flexibility index (Phi) is 4.47. The SMILES string of the molecule is Cn1cc(C(=O)NNC(=O)Cn2[nH]c(=O)c3ccccc3c2=O)c2ccccc21. The Morgan fingerprint density at radius 1 is 0.931 bits per heavy atom. The van der Waals surface area contributed by atoms with E-state index in [1.807, 2.05) is 35.9 Å². The van der Waals surface area contributed by atoms with Gasteiger partial charge in [-0.05, 0) is 18.2 Å². The van der Waals surface area contributed by atoms with Crippen molar-refractivity contribution >= 4 is 33.5 Å². The number of amides is 2. The second kappa shape index (κ2) is 7.12. The van der Waals surface area contributed by atoms with Gasteiger partial charge in [0.25, 0.3) is 22.9 Å². The Balaban J connectivity index is 1.50. The van der Waals surface area contributed by atoms with E-state index in [1.54, 1.807) is 18.3 Å². The zero-order valence-electron chi connectivity index (χ0n) is 15.4. The number of aromatic nitrogens is 3. The number of hydrogen-bond donors (Lipinski definition) is 3. The fraction of sp³-hybridized carbons (Fsp3) is 0.100. The number of carbonyl (C=O) groups is 2. The van der Waals surface area contributed by atoms with Crippen LogP contribution in [0.2, 0.25) is 0 Å². The van der Waals surface area contributed by atoms with Crippen molar-refractivity contribution in [2.75, 3.05) is 0 Å². The number of hydrazine groups is 1. The highest BCUT2D eigenvalue weighted by molar-refractivity contribution is 6.07. The fourth-order valence-electron chi connectivity index (χ4n) is 3.26. The molecule has 2 aromatic carbocycles. The second-order valence-electron chi connectivity index (χ2n) is 6.55. The fourth-order valence-corrected chi connectivity index (χ4v) is 3.26. The molecule has 0 aliphatic carbocycles. The van der Waals surface area contributed by atoms with Gasteiger partial charge in [-0.3, -0.25) is 35.1 Å². The zero-order valence-corrected chi connectivity index (χ0v) is 15.4. The van der Waals surface area contributed by atoms with E-state index in [0.29, 0.717) is 5.56 Å². The summed E-state index contributed by atoms with van der Waals surface area (Å²) in [6.45, 7) is -0.450. The Hall–Kier alpha value is -4.14. The lowest BCUT2D eigenvalue weighted by Gasteiger charge is -2.09. The van der Waals surface area contributed by atoms with Crippen LogP contribution in [0.15, 0.2) is 64.3 Å². The Morgan fingerprint density at radius 2 is 1.59 bits per heavy atom. The van der Waals surface area contributed by atoms with E-state index in [9.17, 15) is 19.2 Å². The Labute approximate surface area is 163 Å². The van der Waals surface area contributed by atoms with Crippen molar-refractivity contribution in [1.29, 1.82) is 0 Å². The molecular weight excluding hydrogens is 374 g/mol. The van der Waals surface area contributed by atoms with Crippen LogP contribution in [0, 0.1) is 0 Å². The quantitative estimate of drug-likeness (QED) is 0.444. The maximum Gasteiger partial charge on any atom is 0.273 e. The van der Waals surface area contributed by atoms with Gasteiger partial charge in [0, 0.05) is 24.1 Å². The third-order valence-electron chi connectivity index (χ3n) is 4.64. The number of benzene rings is 2. The minimum absolute atomic E-state index is 0.212. The van der Waals surface area contributed by atoms with Gasteiger partial charge >= 0.3 is 0 Å². The normalized spacial score (nSPS) is 10.9. The van der Waals surface area contributed by atoms with Crippen molar-refractivity contribution in [2.24, 2.45) is 7.05 Å². The first-order valence-electron chi connectivity index (χ1n) is 8.81. The molecular formula is C20H17N5O4. The molecule has 3 N–H and O–H groups in total. The zero-order chi connectivity index (χ0) is 20.5. The van der Waals surface area contributed by atoms with Crippen molar-refractivity contribution in [3.8, 4) is 0 Å². The largest absolute Gasteiger partial charge is 0.350 e. The minimum Gasteiger partial charge on any atom is -0.350 e. The van der Waals surface area contributed by atoms with Crippen molar-refractivity contribution in [2.45, 2.75) is 6.54 Å². The summed E-state index contributed by atoms with van der Waals surface area (Å²) >= 11 is 0. The number of rotatable bonds is 3. The van der Waals surface area contributed by atoms with Crippen molar-refractivity contribution in [3.63, 3.8) is 0 Å². The monoisotopic (exact) mass is 391 g/mol. The average molecular weight is 391 g/mol. The van der Waals surface area contributed by atoms with Crippen LogP contribution in [0.1, 0.15) is 10.4 Å². The molecule has 2 heterocycles. The predicted molar refractivity (Wildman–Crippen MR) is 107 cm³/mol. The topological polar surface area (TPSA) is 118 Å². The molecule has 0 atom stereocenters. The van der Waals surface area contributed by atoms with Gasteiger partial charge in [0.15, 0.2) is 0 Å². The number of fused-ring (bicyclic) bond motifs is 2. The number of para-hydroxylation sites is 1. The summed E-state index contributed by atoms with van der Waals surface area (Å²) < 4.78 is 2.72. The van der Waals surface area contributed by atoms with Crippen molar-refractivity contribution in [3.05, 3.63) is 81.0 Å². The molecule has 0 bridgehead atoms. The summed E-state index contributed by atoms with van der Waals surface area (Å²) in [7, 11) is 1.82. The number of nitrogens with one attached hydrogen (secondary N) is 3. The summed E-state index contributed by atoms with van der Waals surface area (Å²) in [5.41, 5.74) is 4.90. The van der Waals surface area contributed by atoms with Crippen LogP contribution in [0.4, 0.5) is 0 Å². The van der Waals surface area contributed by atoms with E-state index in [2.05, 4.69) is 16.0 Å². The maximum absolute atomic E-state index is 12.5. The molecule has 2 aromatic heterocycles. The maximum atomic E-state index is 12.5. The van der Waals surface area contributed by atoms with E-state index < -0.39 is 29.5 Å². The van der Waals surface area contributed by atoms with Gasteiger partial charge in [0.1, 0.15) is 6.54 Å². The Bertz CT molecular complexity index is 1380. The summed E-state index contributed by atoms with van der Waals surface area (Å²) in [5, 5.41) is 3.58. The molecule has 146 valence electrons. The van der Waals surface area contributed by atoms with Gasteiger partial charge in [-0.2, -0.15) is 0 Å². The summed E-state index contributed by atoms with van der Waals surface area (Å²) in [5.74, 6) is -1.15. The molecule has 0 spiro atoms. The van der Waals surface area contributed by atoms with Crippen LogP contribution in [-0.4, -0.2) is 26.2 Å². The summed E-state index contributed by atoms with van der Waals surface area (Å²) in [6.07, 6.45) is 1.66. The first kappa shape index (κ1) is 18.2. The molecule has 4 rings (SSSR count). The number of carbonyl (C=O) groups excluding carboxylic acids is 2. The number of nitrogens with zero attached hydrogens (tertiary/aromatic N) is 2. The van der Waals surface area contributed by atoms with Crippen LogP contribution in [-0.2, 0) is 18.4 Å².